The summed E-state index contributed by atoms with van der Waals surface area (Å²) in [5.41, 5.74) is 6.22. The minimum atomic E-state index is -0.196. The molecule has 0 aliphatic rings. The van der Waals surface area contributed by atoms with Crippen LogP contribution in [-0.2, 0) is 0 Å². The van der Waals surface area contributed by atoms with Gasteiger partial charge in [0.05, 0.1) is 11.6 Å². The van der Waals surface area contributed by atoms with Crippen LogP contribution in [0.5, 0.6) is 0 Å². The molecule has 0 bridgehead atoms. The summed E-state index contributed by atoms with van der Waals surface area (Å²) < 4.78 is 0. The highest BCUT2D eigenvalue weighted by Crippen LogP contribution is 2.03. The molecule has 1 aromatic carbocycles. The maximum Gasteiger partial charge on any atom is 0.251 e. The monoisotopic (exact) mass is 215 g/mol. The molecule has 16 heavy (non-hydrogen) atoms. The van der Waals surface area contributed by atoms with E-state index in [2.05, 4.69) is 5.32 Å². The van der Waals surface area contributed by atoms with Gasteiger partial charge in [0.2, 0.25) is 0 Å². The molecule has 82 valence electrons. The molecule has 0 aromatic heterocycles. The fraction of sp³-hybridized carbons (Fsp3) is 0.167. The fourth-order valence-electron chi connectivity index (χ4n) is 1.16. The third kappa shape index (κ3) is 3.56. The smallest absolute Gasteiger partial charge is 0.251 e. The van der Waals surface area contributed by atoms with Gasteiger partial charge in [-0.15, -0.1) is 0 Å². The second-order valence-corrected chi connectivity index (χ2v) is 3.11. The minimum absolute atomic E-state index is 0.196. The highest BCUT2D eigenvalue weighted by Gasteiger charge is 2.03. The van der Waals surface area contributed by atoms with E-state index in [0.29, 0.717) is 24.2 Å². The zero-order chi connectivity index (χ0) is 11.8. The van der Waals surface area contributed by atoms with Crippen LogP contribution in [-0.4, -0.2) is 19.0 Å². The Labute approximate surface area is 94.4 Å². The van der Waals surface area contributed by atoms with E-state index >= 15 is 0 Å². The Morgan fingerprint density at radius 3 is 3.00 bits per heavy atom. The van der Waals surface area contributed by atoms with Crippen LogP contribution in [0.1, 0.15) is 15.9 Å². The van der Waals surface area contributed by atoms with E-state index in [-0.39, 0.29) is 5.91 Å². The number of nitrogens with two attached hydrogens (primary N) is 1. The van der Waals surface area contributed by atoms with Gasteiger partial charge in [-0.3, -0.25) is 4.79 Å². The van der Waals surface area contributed by atoms with Gasteiger partial charge in [0, 0.05) is 18.7 Å². The number of nitrogens with one attached hydrogen (secondary N) is 1. The SMILES string of the molecule is N#Cc1cccc(C(=O)NC/C=C/CN)c1. The second kappa shape index (κ2) is 6.38. The molecule has 1 aromatic rings. The third-order valence-corrected chi connectivity index (χ3v) is 1.94. The van der Waals surface area contributed by atoms with Gasteiger partial charge in [-0.25, -0.2) is 0 Å². The van der Waals surface area contributed by atoms with Gasteiger partial charge in [-0.05, 0) is 18.2 Å². The van der Waals surface area contributed by atoms with Crippen LogP contribution in [0.15, 0.2) is 36.4 Å². The third-order valence-electron chi connectivity index (χ3n) is 1.94. The highest BCUT2D eigenvalue weighted by molar-refractivity contribution is 5.94. The summed E-state index contributed by atoms with van der Waals surface area (Å²) in [6, 6.07) is 8.56. The van der Waals surface area contributed by atoms with Crippen LogP contribution in [0.4, 0.5) is 0 Å². The molecule has 0 fully saturated rings. The number of nitrogens with zero attached hydrogens (tertiary/aromatic N) is 1. The van der Waals surface area contributed by atoms with Gasteiger partial charge < -0.3 is 11.1 Å². The van der Waals surface area contributed by atoms with E-state index in [9.17, 15) is 4.79 Å². The van der Waals surface area contributed by atoms with E-state index in [1.807, 2.05) is 6.07 Å². The van der Waals surface area contributed by atoms with E-state index in [1.54, 1.807) is 36.4 Å². The first kappa shape index (κ1) is 12.0. The molecule has 4 heteroatoms. The number of amides is 1. The summed E-state index contributed by atoms with van der Waals surface area (Å²) in [5, 5.41) is 11.4. The summed E-state index contributed by atoms with van der Waals surface area (Å²) in [4.78, 5) is 11.6. The lowest BCUT2D eigenvalue weighted by Crippen LogP contribution is -2.23. The maximum atomic E-state index is 11.6. The van der Waals surface area contributed by atoms with Crippen molar-refractivity contribution in [1.29, 1.82) is 5.26 Å². The number of carbonyl (C=O) groups is 1. The Bertz CT molecular complexity index is 432. The first-order valence-electron chi connectivity index (χ1n) is 4.91. The number of rotatable bonds is 4. The molecule has 4 nitrogen and oxygen atoms in total. The van der Waals surface area contributed by atoms with E-state index in [1.165, 1.54) is 0 Å². The van der Waals surface area contributed by atoms with Crippen LogP contribution in [0, 0.1) is 11.3 Å². The molecular weight excluding hydrogens is 202 g/mol. The lowest BCUT2D eigenvalue weighted by Gasteiger charge is -2.02. The zero-order valence-corrected chi connectivity index (χ0v) is 8.81. The van der Waals surface area contributed by atoms with Crippen molar-refractivity contribution in [2.24, 2.45) is 5.73 Å². The van der Waals surface area contributed by atoms with E-state index in [4.69, 9.17) is 11.0 Å². The largest absolute Gasteiger partial charge is 0.349 e. The van der Waals surface area contributed by atoms with Crippen LogP contribution >= 0.6 is 0 Å². The second-order valence-electron chi connectivity index (χ2n) is 3.11. The normalized spacial score (nSPS) is 10.0. The van der Waals surface area contributed by atoms with Crippen molar-refractivity contribution in [1.82, 2.24) is 5.32 Å². The van der Waals surface area contributed by atoms with Gasteiger partial charge >= 0.3 is 0 Å². The van der Waals surface area contributed by atoms with Crippen molar-refractivity contribution < 1.29 is 4.79 Å². The molecule has 0 saturated heterocycles. The topological polar surface area (TPSA) is 78.9 Å². The number of benzene rings is 1. The predicted molar refractivity (Wildman–Crippen MR) is 61.7 cm³/mol. The summed E-state index contributed by atoms with van der Waals surface area (Å²) in [5.74, 6) is -0.196. The Kier molecular flexibility index (Phi) is 4.77. The number of carbonyl (C=O) groups excluding carboxylic acids is 1. The average molecular weight is 215 g/mol. The first-order valence-corrected chi connectivity index (χ1v) is 4.91. The lowest BCUT2D eigenvalue weighted by molar-refractivity contribution is 0.0958. The number of nitriles is 1. The quantitative estimate of drug-likeness (QED) is 0.729. The molecule has 0 heterocycles. The molecule has 0 aliphatic carbocycles. The van der Waals surface area contributed by atoms with Crippen LogP contribution < -0.4 is 11.1 Å². The van der Waals surface area contributed by atoms with Gasteiger partial charge in [0.15, 0.2) is 0 Å². The van der Waals surface area contributed by atoms with Crippen molar-refractivity contribution in [3.05, 3.63) is 47.5 Å². The first-order chi connectivity index (χ1) is 7.77. The maximum absolute atomic E-state index is 11.6. The van der Waals surface area contributed by atoms with Crippen molar-refractivity contribution >= 4 is 5.91 Å². The van der Waals surface area contributed by atoms with Gasteiger partial charge in [0.1, 0.15) is 0 Å². The molecule has 3 N–H and O–H groups in total. The summed E-state index contributed by atoms with van der Waals surface area (Å²) in [7, 11) is 0. The molecule has 1 rings (SSSR count). The lowest BCUT2D eigenvalue weighted by atomic mass is 10.1. The number of hydrogen-bond donors (Lipinski definition) is 2. The Morgan fingerprint density at radius 1 is 1.50 bits per heavy atom. The highest BCUT2D eigenvalue weighted by atomic mass is 16.1. The van der Waals surface area contributed by atoms with Crippen molar-refractivity contribution in [2.45, 2.75) is 0 Å². The van der Waals surface area contributed by atoms with E-state index in [0.717, 1.165) is 0 Å². The minimum Gasteiger partial charge on any atom is -0.349 e. The number of hydrogen-bond acceptors (Lipinski definition) is 3. The standard InChI is InChI=1S/C12H13N3O/c13-6-1-2-7-15-12(16)11-5-3-4-10(8-11)9-14/h1-5,8H,6-7,13H2,(H,15,16)/b2-1+. The molecule has 0 saturated carbocycles. The van der Waals surface area contributed by atoms with Gasteiger partial charge in [-0.1, -0.05) is 18.2 Å². The molecular formula is C12H13N3O. The van der Waals surface area contributed by atoms with Crippen LogP contribution in [0.25, 0.3) is 0 Å². The summed E-state index contributed by atoms with van der Waals surface area (Å²) in [6.45, 7) is 0.895. The Morgan fingerprint density at radius 2 is 2.31 bits per heavy atom. The Hall–Kier alpha value is -2.12. The molecule has 0 aliphatic heterocycles. The van der Waals surface area contributed by atoms with Gasteiger partial charge in [0.25, 0.3) is 5.91 Å². The Balaban J connectivity index is 2.59. The van der Waals surface area contributed by atoms with Gasteiger partial charge in [-0.2, -0.15) is 5.26 Å². The van der Waals surface area contributed by atoms with Crippen LogP contribution in [0.3, 0.4) is 0 Å². The van der Waals surface area contributed by atoms with Crippen molar-refractivity contribution in [2.75, 3.05) is 13.1 Å². The summed E-state index contributed by atoms with van der Waals surface area (Å²) in [6.07, 6.45) is 3.55. The molecule has 1 amide bonds. The fourth-order valence-corrected chi connectivity index (χ4v) is 1.16. The summed E-state index contributed by atoms with van der Waals surface area (Å²) >= 11 is 0. The zero-order valence-electron chi connectivity index (χ0n) is 8.81. The average Bonchev–Trinajstić information content (AvgIpc) is 2.34. The molecule has 0 atom stereocenters. The van der Waals surface area contributed by atoms with E-state index < -0.39 is 0 Å². The van der Waals surface area contributed by atoms with Crippen molar-refractivity contribution in [3.63, 3.8) is 0 Å². The molecule has 0 radical (unpaired) electrons. The van der Waals surface area contributed by atoms with Crippen molar-refractivity contribution in [3.8, 4) is 6.07 Å². The predicted octanol–water partition coefficient (Wildman–Crippen LogP) is 0.803. The molecule has 0 unspecified atom stereocenters. The van der Waals surface area contributed by atoms with Crippen LogP contribution in [0.2, 0.25) is 0 Å². The molecule has 0 spiro atoms.